The third-order valence-corrected chi connectivity index (χ3v) is 6.17. The zero-order valence-electron chi connectivity index (χ0n) is 15.5. The molecule has 0 bridgehead atoms. The average Bonchev–Trinajstić information content (AvgIpc) is 3.07. The minimum absolute atomic E-state index is 0.212. The number of halogens is 1. The molecule has 0 spiro atoms. The van der Waals surface area contributed by atoms with Gasteiger partial charge in [0.15, 0.2) is 5.82 Å². The van der Waals surface area contributed by atoms with E-state index in [1.807, 2.05) is 13.1 Å². The lowest BCUT2D eigenvalue weighted by Gasteiger charge is -2.24. The van der Waals surface area contributed by atoms with Gasteiger partial charge in [0.05, 0.1) is 16.4 Å². The zero-order chi connectivity index (χ0) is 19.8. The van der Waals surface area contributed by atoms with Gasteiger partial charge in [0.2, 0.25) is 0 Å². The van der Waals surface area contributed by atoms with E-state index in [-0.39, 0.29) is 11.9 Å². The molecule has 0 unspecified atom stereocenters. The maximum Gasteiger partial charge on any atom is 0.261 e. The first-order valence-electron chi connectivity index (χ1n) is 9.12. The summed E-state index contributed by atoms with van der Waals surface area (Å²) in [4.78, 5) is 19.6. The normalized spacial score (nSPS) is 17.7. The van der Waals surface area contributed by atoms with E-state index in [1.54, 1.807) is 16.9 Å². The second-order valence-electron chi connectivity index (χ2n) is 6.96. The summed E-state index contributed by atoms with van der Waals surface area (Å²) in [6, 6.07) is 3.72. The first-order valence-corrected chi connectivity index (χ1v) is 10.3. The van der Waals surface area contributed by atoms with Gasteiger partial charge in [-0.25, -0.2) is 4.98 Å². The number of nitrogens with zero attached hydrogens (tertiary/aromatic N) is 4. The lowest BCUT2D eigenvalue weighted by Crippen LogP contribution is -2.29. The summed E-state index contributed by atoms with van der Waals surface area (Å²) >= 11 is 7.33. The second kappa shape index (κ2) is 7.57. The van der Waals surface area contributed by atoms with Crippen molar-refractivity contribution < 1.29 is 4.79 Å². The van der Waals surface area contributed by atoms with Crippen molar-refractivity contribution in [3.8, 4) is 0 Å². The molecule has 28 heavy (non-hydrogen) atoms. The molecule has 3 aromatic heterocycles. The minimum atomic E-state index is -0.320. The van der Waals surface area contributed by atoms with Crippen LogP contribution in [-0.2, 0) is 7.05 Å². The predicted molar refractivity (Wildman–Crippen MR) is 114 cm³/mol. The fourth-order valence-electron chi connectivity index (χ4n) is 3.60. The van der Waals surface area contributed by atoms with Crippen LogP contribution in [-0.4, -0.2) is 39.8 Å². The number of carbonyl (C=O) groups excluding carboxylic acids is 1. The van der Waals surface area contributed by atoms with Crippen LogP contribution in [0.25, 0.3) is 10.2 Å². The van der Waals surface area contributed by atoms with Crippen LogP contribution in [0.15, 0.2) is 18.3 Å². The van der Waals surface area contributed by atoms with Crippen LogP contribution in [0.3, 0.4) is 0 Å². The summed E-state index contributed by atoms with van der Waals surface area (Å²) in [7, 11) is 1.87. The van der Waals surface area contributed by atoms with Gasteiger partial charge in [-0.2, -0.15) is 5.10 Å². The lowest BCUT2D eigenvalue weighted by atomic mass is 10.1. The van der Waals surface area contributed by atoms with Crippen LogP contribution >= 0.6 is 22.9 Å². The number of hydrogen-bond donors (Lipinski definition) is 3. The zero-order valence-corrected chi connectivity index (χ0v) is 17.1. The highest BCUT2D eigenvalue weighted by Gasteiger charge is 2.24. The number of aromatic nitrogens is 3. The molecule has 8 nitrogen and oxygen atoms in total. The van der Waals surface area contributed by atoms with E-state index in [1.165, 1.54) is 11.3 Å². The summed E-state index contributed by atoms with van der Waals surface area (Å²) in [6.07, 6.45) is 4.57. The van der Waals surface area contributed by atoms with Crippen LogP contribution in [0.4, 0.5) is 16.5 Å². The molecule has 0 saturated carbocycles. The van der Waals surface area contributed by atoms with Crippen molar-refractivity contribution in [1.29, 1.82) is 0 Å². The molecular formula is C18H22ClN7OS. The van der Waals surface area contributed by atoms with E-state index in [9.17, 15) is 4.79 Å². The van der Waals surface area contributed by atoms with Gasteiger partial charge in [0, 0.05) is 26.2 Å². The molecule has 10 heteroatoms. The summed E-state index contributed by atoms with van der Waals surface area (Å²) in [5, 5.41) is 8.03. The average molecular weight is 420 g/mol. The Balaban J connectivity index is 1.65. The molecule has 1 atom stereocenters. The summed E-state index contributed by atoms with van der Waals surface area (Å²) in [5.74, 6) is 0.547. The maximum atomic E-state index is 13.0. The molecule has 1 saturated heterocycles. The van der Waals surface area contributed by atoms with Gasteiger partial charge in [0.25, 0.3) is 5.91 Å². The van der Waals surface area contributed by atoms with Crippen LogP contribution in [0.2, 0.25) is 5.15 Å². The lowest BCUT2D eigenvalue weighted by molar-refractivity contribution is 0.102. The number of carbonyl (C=O) groups is 1. The molecule has 0 aliphatic carbocycles. The second-order valence-corrected chi connectivity index (χ2v) is 8.43. The number of anilines is 3. The number of rotatable bonds is 3. The van der Waals surface area contributed by atoms with E-state index in [0.717, 1.165) is 42.9 Å². The van der Waals surface area contributed by atoms with Gasteiger partial charge in [-0.15, -0.1) is 11.3 Å². The monoisotopic (exact) mass is 419 g/mol. The number of pyridine rings is 1. The highest BCUT2D eigenvalue weighted by molar-refractivity contribution is 7.23. The van der Waals surface area contributed by atoms with E-state index in [2.05, 4.69) is 20.3 Å². The number of aryl methyl sites for hydroxylation is 1. The van der Waals surface area contributed by atoms with E-state index >= 15 is 0 Å². The van der Waals surface area contributed by atoms with Crippen molar-refractivity contribution in [1.82, 2.24) is 14.8 Å². The fraction of sp³-hybridized carbons (Fsp3) is 0.389. The Morgan fingerprint density at radius 2 is 2.18 bits per heavy atom. The van der Waals surface area contributed by atoms with Crippen LogP contribution < -0.4 is 21.7 Å². The highest BCUT2D eigenvalue weighted by Crippen LogP contribution is 2.35. The van der Waals surface area contributed by atoms with Crippen LogP contribution in [0.5, 0.6) is 0 Å². The molecule has 4 heterocycles. The molecule has 1 amide bonds. The van der Waals surface area contributed by atoms with Crippen LogP contribution in [0, 0.1) is 0 Å². The number of fused-ring (bicyclic) bond motifs is 1. The molecule has 1 aliphatic rings. The number of nitrogens with two attached hydrogens (primary N) is 2. The van der Waals surface area contributed by atoms with Gasteiger partial charge in [-0.1, -0.05) is 11.6 Å². The molecule has 3 aromatic rings. The van der Waals surface area contributed by atoms with Crippen molar-refractivity contribution in [2.75, 3.05) is 29.0 Å². The maximum absolute atomic E-state index is 13.0. The standard InChI is InChI=1S/C18H22ClN7OS/c1-25-18(26-7-2-3-10(20)6-8-26)11(9-22-25)23-17(27)14-15-12(28-16(14)21)4-5-13(19)24-15/h4-5,9-10H,2-3,6-8,20-21H2,1H3,(H,23,27)/t10-/m1/s1. The summed E-state index contributed by atoms with van der Waals surface area (Å²) < 4.78 is 2.59. The Morgan fingerprint density at radius 1 is 1.36 bits per heavy atom. The number of amides is 1. The summed E-state index contributed by atoms with van der Waals surface area (Å²) in [6.45, 7) is 1.70. The topological polar surface area (TPSA) is 115 Å². The highest BCUT2D eigenvalue weighted by atomic mass is 35.5. The molecular weight excluding hydrogens is 398 g/mol. The molecule has 1 fully saturated rings. The predicted octanol–water partition coefficient (Wildman–Crippen LogP) is 2.84. The minimum Gasteiger partial charge on any atom is -0.390 e. The Kier molecular flexibility index (Phi) is 5.13. The Hall–Kier alpha value is -2.36. The molecule has 148 valence electrons. The third kappa shape index (κ3) is 3.52. The van der Waals surface area contributed by atoms with Gasteiger partial charge >= 0.3 is 0 Å². The Labute approximate surface area is 171 Å². The molecule has 0 radical (unpaired) electrons. The van der Waals surface area contributed by atoms with Crippen molar-refractivity contribution in [2.45, 2.75) is 25.3 Å². The SMILES string of the molecule is Cn1ncc(NC(=O)c2c(N)sc3ccc(Cl)nc23)c1N1CCC[C@@H](N)CC1. The first-order chi connectivity index (χ1) is 13.4. The molecule has 1 aliphatic heterocycles. The van der Waals surface area contributed by atoms with Crippen molar-refractivity contribution in [2.24, 2.45) is 12.8 Å². The summed E-state index contributed by atoms with van der Waals surface area (Å²) in [5.41, 5.74) is 13.7. The van der Waals surface area contributed by atoms with E-state index < -0.39 is 0 Å². The van der Waals surface area contributed by atoms with Gasteiger partial charge in [0.1, 0.15) is 21.4 Å². The quantitative estimate of drug-likeness (QED) is 0.562. The van der Waals surface area contributed by atoms with E-state index in [0.29, 0.717) is 26.9 Å². The Bertz CT molecular complexity index is 1030. The number of thiophene rings is 1. The van der Waals surface area contributed by atoms with E-state index in [4.69, 9.17) is 23.1 Å². The van der Waals surface area contributed by atoms with Crippen molar-refractivity contribution >= 4 is 55.6 Å². The third-order valence-electron chi connectivity index (χ3n) is 4.98. The molecule has 4 rings (SSSR count). The van der Waals surface area contributed by atoms with Crippen molar-refractivity contribution in [3.05, 3.63) is 29.0 Å². The van der Waals surface area contributed by atoms with Gasteiger partial charge in [-0.05, 0) is 31.4 Å². The van der Waals surface area contributed by atoms with Gasteiger partial charge < -0.3 is 21.7 Å². The Morgan fingerprint density at radius 3 is 3.00 bits per heavy atom. The number of nitrogens with one attached hydrogen (secondary N) is 1. The molecule has 0 aromatic carbocycles. The smallest absolute Gasteiger partial charge is 0.261 e. The largest absolute Gasteiger partial charge is 0.390 e. The number of nitrogen functional groups attached to an aromatic ring is 1. The fourth-order valence-corrected chi connectivity index (χ4v) is 4.66. The van der Waals surface area contributed by atoms with Crippen LogP contribution in [0.1, 0.15) is 29.6 Å². The first kappa shape index (κ1) is 19.0. The number of hydrogen-bond acceptors (Lipinski definition) is 7. The molecule has 5 N–H and O–H groups in total. The van der Waals surface area contributed by atoms with Crippen molar-refractivity contribution in [3.63, 3.8) is 0 Å². The van der Waals surface area contributed by atoms with Gasteiger partial charge in [-0.3, -0.25) is 9.48 Å².